The van der Waals surface area contributed by atoms with Crippen molar-refractivity contribution in [1.82, 2.24) is 0 Å². The zero-order valence-electron chi connectivity index (χ0n) is 11.9. The van der Waals surface area contributed by atoms with Crippen molar-refractivity contribution < 1.29 is 4.84 Å². The summed E-state index contributed by atoms with van der Waals surface area (Å²) in [5, 5.41) is 4.00. The number of aryl methyl sites for hydroxylation is 1. The maximum Gasteiger partial charge on any atom is 0.120 e. The first kappa shape index (κ1) is 14.7. The van der Waals surface area contributed by atoms with Gasteiger partial charge in [0.25, 0.3) is 0 Å². The molecule has 0 unspecified atom stereocenters. The summed E-state index contributed by atoms with van der Waals surface area (Å²) in [7, 11) is 0. The largest absolute Gasteiger partial charge is 0.396 e. The summed E-state index contributed by atoms with van der Waals surface area (Å²) in [5.41, 5.74) is 2.41. The minimum atomic E-state index is 0.622. The van der Waals surface area contributed by atoms with E-state index in [-0.39, 0.29) is 0 Å². The molecule has 0 aliphatic heterocycles. The highest BCUT2D eigenvalue weighted by molar-refractivity contribution is 5.78. The van der Waals surface area contributed by atoms with Crippen LogP contribution in [0.4, 0.5) is 0 Å². The lowest BCUT2D eigenvalue weighted by Gasteiger charge is -2.13. The van der Waals surface area contributed by atoms with E-state index >= 15 is 0 Å². The highest BCUT2D eigenvalue weighted by Gasteiger charge is 2.06. The summed E-state index contributed by atoms with van der Waals surface area (Å²) in [6, 6.07) is 10.7. The Morgan fingerprint density at radius 1 is 1.22 bits per heavy atom. The Morgan fingerprint density at radius 3 is 2.56 bits per heavy atom. The Labute approximate surface area is 111 Å². The summed E-state index contributed by atoms with van der Waals surface area (Å²) >= 11 is 0. The smallest absolute Gasteiger partial charge is 0.120 e. The third-order valence-corrected chi connectivity index (χ3v) is 3.06. The van der Waals surface area contributed by atoms with Crippen LogP contribution in [-0.2, 0) is 11.3 Å². The van der Waals surface area contributed by atoms with Crippen molar-refractivity contribution in [3.05, 3.63) is 35.9 Å². The van der Waals surface area contributed by atoms with E-state index in [2.05, 4.69) is 42.4 Å². The molecule has 0 N–H and O–H groups in total. The van der Waals surface area contributed by atoms with Crippen molar-refractivity contribution in [2.45, 2.75) is 46.5 Å². The zero-order valence-corrected chi connectivity index (χ0v) is 11.9. The van der Waals surface area contributed by atoms with Gasteiger partial charge in [0, 0.05) is 0 Å². The van der Waals surface area contributed by atoms with Crippen molar-refractivity contribution in [1.29, 1.82) is 0 Å². The van der Waals surface area contributed by atoms with Crippen LogP contribution in [0.3, 0.4) is 0 Å². The van der Waals surface area contributed by atoms with Crippen LogP contribution >= 0.6 is 0 Å². The highest BCUT2D eigenvalue weighted by Crippen LogP contribution is 2.14. The van der Waals surface area contributed by atoms with Crippen molar-refractivity contribution in [3.63, 3.8) is 0 Å². The monoisotopic (exact) mass is 247 g/mol. The molecule has 0 heterocycles. The Kier molecular flexibility index (Phi) is 7.16. The van der Waals surface area contributed by atoms with Crippen LogP contribution in [0.5, 0.6) is 0 Å². The fourth-order valence-corrected chi connectivity index (χ4v) is 1.92. The van der Waals surface area contributed by atoms with Crippen LogP contribution in [0.25, 0.3) is 0 Å². The summed E-state index contributed by atoms with van der Waals surface area (Å²) in [6.45, 7) is 6.88. The van der Waals surface area contributed by atoms with E-state index in [1.165, 1.54) is 18.4 Å². The van der Waals surface area contributed by atoms with Crippen molar-refractivity contribution in [2.75, 3.05) is 6.61 Å². The summed E-state index contributed by atoms with van der Waals surface area (Å²) in [5.74, 6) is 0.622. The molecule has 100 valence electrons. The van der Waals surface area contributed by atoms with Gasteiger partial charge in [-0.2, -0.15) is 0 Å². The van der Waals surface area contributed by atoms with E-state index in [1.807, 2.05) is 13.8 Å². The van der Waals surface area contributed by atoms with Gasteiger partial charge in [-0.1, -0.05) is 42.4 Å². The fraction of sp³-hybridized carbons (Fsp3) is 0.562. The summed E-state index contributed by atoms with van der Waals surface area (Å²) in [4.78, 5) is 5.34. The van der Waals surface area contributed by atoms with Gasteiger partial charge < -0.3 is 4.84 Å². The topological polar surface area (TPSA) is 21.6 Å². The van der Waals surface area contributed by atoms with E-state index < -0.39 is 0 Å². The van der Waals surface area contributed by atoms with Gasteiger partial charge in [-0.3, -0.25) is 0 Å². The van der Waals surface area contributed by atoms with Crippen LogP contribution in [-0.4, -0.2) is 12.3 Å². The predicted octanol–water partition coefficient (Wildman–Crippen LogP) is 4.45. The van der Waals surface area contributed by atoms with E-state index in [0.717, 1.165) is 25.2 Å². The van der Waals surface area contributed by atoms with Crippen molar-refractivity contribution in [3.8, 4) is 0 Å². The van der Waals surface area contributed by atoms with E-state index in [9.17, 15) is 0 Å². The molecule has 1 rings (SSSR count). The molecule has 0 spiro atoms. The zero-order chi connectivity index (χ0) is 13.2. The van der Waals surface area contributed by atoms with Gasteiger partial charge >= 0.3 is 0 Å². The Hall–Kier alpha value is -1.31. The van der Waals surface area contributed by atoms with Gasteiger partial charge in [-0.15, -0.1) is 0 Å². The number of hydrogen-bond donors (Lipinski definition) is 0. The molecule has 0 bridgehead atoms. The lowest BCUT2D eigenvalue weighted by Crippen LogP contribution is -2.07. The lowest BCUT2D eigenvalue weighted by molar-refractivity contribution is 0.101. The SMILES string of the molecule is CC[C@H](CCCc1ccccc1)CON=C(C)C. The van der Waals surface area contributed by atoms with E-state index in [1.54, 1.807) is 0 Å². The van der Waals surface area contributed by atoms with E-state index in [0.29, 0.717) is 5.92 Å². The molecular weight excluding hydrogens is 222 g/mol. The Morgan fingerprint density at radius 2 is 1.94 bits per heavy atom. The molecule has 0 aromatic heterocycles. The molecule has 0 saturated carbocycles. The fourth-order valence-electron chi connectivity index (χ4n) is 1.92. The molecule has 0 amide bonds. The van der Waals surface area contributed by atoms with Gasteiger partial charge in [-0.25, -0.2) is 0 Å². The number of benzene rings is 1. The van der Waals surface area contributed by atoms with Gasteiger partial charge in [-0.05, 0) is 51.0 Å². The number of rotatable bonds is 8. The van der Waals surface area contributed by atoms with Crippen LogP contribution < -0.4 is 0 Å². The lowest BCUT2D eigenvalue weighted by atomic mass is 9.98. The van der Waals surface area contributed by atoms with E-state index in [4.69, 9.17) is 4.84 Å². The second-order valence-electron chi connectivity index (χ2n) is 4.99. The molecular formula is C16H25NO. The number of nitrogens with zero attached hydrogens (tertiary/aromatic N) is 1. The van der Waals surface area contributed by atoms with Crippen LogP contribution in [0.1, 0.15) is 45.6 Å². The maximum absolute atomic E-state index is 5.34. The molecule has 0 aliphatic rings. The summed E-state index contributed by atoms with van der Waals surface area (Å²) < 4.78 is 0. The molecule has 1 aromatic rings. The van der Waals surface area contributed by atoms with Gasteiger partial charge in [0.05, 0.1) is 5.71 Å². The molecule has 0 radical (unpaired) electrons. The second kappa shape index (κ2) is 8.73. The van der Waals surface area contributed by atoms with Crippen LogP contribution in [0.15, 0.2) is 35.5 Å². The minimum Gasteiger partial charge on any atom is -0.396 e. The van der Waals surface area contributed by atoms with Crippen molar-refractivity contribution >= 4 is 5.71 Å². The highest BCUT2D eigenvalue weighted by atomic mass is 16.6. The molecule has 0 saturated heterocycles. The van der Waals surface area contributed by atoms with Gasteiger partial charge in [0.15, 0.2) is 0 Å². The van der Waals surface area contributed by atoms with Crippen LogP contribution in [0.2, 0.25) is 0 Å². The molecule has 2 heteroatoms. The van der Waals surface area contributed by atoms with Crippen LogP contribution in [0, 0.1) is 5.92 Å². The first-order valence-electron chi connectivity index (χ1n) is 6.89. The molecule has 18 heavy (non-hydrogen) atoms. The predicted molar refractivity (Wildman–Crippen MR) is 77.9 cm³/mol. The Balaban J connectivity index is 2.21. The molecule has 0 aliphatic carbocycles. The second-order valence-corrected chi connectivity index (χ2v) is 4.99. The third kappa shape index (κ3) is 6.43. The quantitative estimate of drug-likeness (QED) is 0.491. The first-order valence-corrected chi connectivity index (χ1v) is 6.89. The average molecular weight is 247 g/mol. The minimum absolute atomic E-state index is 0.622. The standard InChI is InChI=1S/C16H25NO/c1-4-15(13-18-17-14(2)3)11-8-12-16-9-6-5-7-10-16/h5-7,9-10,15H,4,8,11-13H2,1-3H3/t15-/m1/s1. The first-order chi connectivity index (χ1) is 8.72. The third-order valence-electron chi connectivity index (χ3n) is 3.06. The average Bonchev–Trinajstić information content (AvgIpc) is 2.38. The molecule has 2 nitrogen and oxygen atoms in total. The molecule has 1 atom stereocenters. The van der Waals surface area contributed by atoms with Gasteiger partial charge in [0.1, 0.15) is 6.61 Å². The molecule has 0 fully saturated rings. The maximum atomic E-state index is 5.34. The number of oxime groups is 1. The van der Waals surface area contributed by atoms with Crippen molar-refractivity contribution in [2.24, 2.45) is 11.1 Å². The summed E-state index contributed by atoms with van der Waals surface area (Å²) in [6.07, 6.45) is 4.75. The number of hydrogen-bond acceptors (Lipinski definition) is 2. The molecule has 1 aromatic carbocycles. The van der Waals surface area contributed by atoms with Gasteiger partial charge in [0.2, 0.25) is 0 Å². The Bertz CT molecular complexity index is 341. The normalized spacial score (nSPS) is 11.9.